The van der Waals surface area contributed by atoms with Gasteiger partial charge in [0.2, 0.25) is 0 Å². The van der Waals surface area contributed by atoms with E-state index >= 15 is 0 Å². The molecule has 0 saturated carbocycles. The van der Waals surface area contributed by atoms with E-state index in [2.05, 4.69) is 43.3 Å². The average molecular weight is 226 g/mol. The van der Waals surface area contributed by atoms with Crippen LogP contribution in [0.15, 0.2) is 12.7 Å². The second-order valence-corrected chi connectivity index (χ2v) is 2.10. The molecule has 0 unspecified atom stereocenters. The summed E-state index contributed by atoms with van der Waals surface area (Å²) in [6.07, 6.45) is 0.833. The zero-order valence-electron chi connectivity index (χ0n) is 6.51. The molecule has 0 aliphatic rings. The highest BCUT2D eigenvalue weighted by Gasteiger charge is 1.73. The van der Waals surface area contributed by atoms with Crippen molar-refractivity contribution in [2.75, 3.05) is 0 Å². The largest absolute Gasteiger partial charge is 0.478 e. The van der Waals surface area contributed by atoms with Crippen LogP contribution in [-0.4, -0.2) is 21.6 Å². The van der Waals surface area contributed by atoms with Crippen LogP contribution < -0.4 is 11.5 Å². The van der Waals surface area contributed by atoms with E-state index in [0.29, 0.717) is 0 Å². The Morgan fingerprint density at radius 1 is 1.15 bits per heavy atom. The lowest BCUT2D eigenvalue weighted by Crippen LogP contribution is -1.95. The van der Waals surface area contributed by atoms with Crippen LogP contribution in [0.5, 0.6) is 0 Å². The Labute approximate surface area is 85.8 Å². The number of carbonyl (C=O) groups is 3. The number of aliphatic carboxylic acids is 1. The van der Waals surface area contributed by atoms with Crippen molar-refractivity contribution < 1.29 is 19.5 Å². The number of thiol groups is 2. The topological polar surface area (TPSA) is 123 Å². The molecule has 13 heavy (non-hydrogen) atoms. The van der Waals surface area contributed by atoms with Crippen molar-refractivity contribution in [3.63, 3.8) is 0 Å². The molecule has 0 atom stereocenters. The Morgan fingerprint density at radius 2 is 1.23 bits per heavy atom. The van der Waals surface area contributed by atoms with Crippen LogP contribution in [0.2, 0.25) is 0 Å². The van der Waals surface area contributed by atoms with Gasteiger partial charge in [-0.3, -0.25) is 9.59 Å². The van der Waals surface area contributed by atoms with Gasteiger partial charge in [0.05, 0.1) is 0 Å². The van der Waals surface area contributed by atoms with E-state index in [0.717, 1.165) is 6.08 Å². The van der Waals surface area contributed by atoms with Gasteiger partial charge in [-0.25, -0.2) is 4.79 Å². The Morgan fingerprint density at radius 3 is 1.23 bits per heavy atom. The summed E-state index contributed by atoms with van der Waals surface area (Å²) in [5.41, 5.74) is 8.67. The Kier molecular flexibility index (Phi) is 18.4. The molecule has 0 rings (SSSR count). The van der Waals surface area contributed by atoms with Crippen molar-refractivity contribution in [2.45, 2.75) is 0 Å². The highest BCUT2D eigenvalue weighted by molar-refractivity contribution is 7.96. The summed E-state index contributed by atoms with van der Waals surface area (Å²) >= 11 is 6.21. The lowest BCUT2D eigenvalue weighted by Gasteiger charge is -1.64. The predicted octanol–water partition coefficient (Wildman–Crippen LogP) is 0.247. The number of primary amides is 2. The first-order valence-electron chi connectivity index (χ1n) is 2.56. The van der Waals surface area contributed by atoms with Crippen LogP contribution in [0.25, 0.3) is 0 Å². The molecule has 0 fully saturated rings. The maximum absolute atomic E-state index is 9.25. The zero-order valence-corrected chi connectivity index (χ0v) is 8.29. The van der Waals surface area contributed by atoms with Crippen LogP contribution in [0, 0.1) is 0 Å². The maximum atomic E-state index is 9.25. The Balaban J connectivity index is -0.000000117. The number of carboxylic acids is 1. The summed E-state index contributed by atoms with van der Waals surface area (Å²) in [6, 6.07) is 0. The molecule has 76 valence electrons. The van der Waals surface area contributed by atoms with Gasteiger partial charge in [0.15, 0.2) is 0 Å². The Bertz CT molecular complexity index is 175. The van der Waals surface area contributed by atoms with Gasteiger partial charge in [0, 0.05) is 6.08 Å². The van der Waals surface area contributed by atoms with E-state index in [1.165, 1.54) is 0 Å². The molecule has 0 saturated heterocycles. The number of carbonyl (C=O) groups excluding carboxylic acids is 2. The van der Waals surface area contributed by atoms with Gasteiger partial charge >= 0.3 is 5.97 Å². The lowest BCUT2D eigenvalue weighted by molar-refractivity contribution is -0.131. The van der Waals surface area contributed by atoms with Crippen molar-refractivity contribution in [3.8, 4) is 0 Å². The van der Waals surface area contributed by atoms with E-state index in [-0.39, 0.29) is 0 Å². The normalized spacial score (nSPS) is 6.31. The number of amides is 2. The molecular weight excluding hydrogens is 216 g/mol. The highest BCUT2D eigenvalue weighted by Crippen LogP contribution is 1.61. The number of nitrogens with two attached hydrogens (primary N) is 2. The summed E-state index contributed by atoms with van der Waals surface area (Å²) in [6.45, 7) is 2.96. The van der Waals surface area contributed by atoms with E-state index in [9.17, 15) is 4.79 Å². The van der Waals surface area contributed by atoms with Gasteiger partial charge < -0.3 is 16.6 Å². The van der Waals surface area contributed by atoms with Gasteiger partial charge in [-0.2, -0.15) is 0 Å². The van der Waals surface area contributed by atoms with Crippen molar-refractivity contribution in [1.82, 2.24) is 0 Å². The summed E-state index contributed by atoms with van der Waals surface area (Å²) < 4.78 is 0. The van der Waals surface area contributed by atoms with Crippen LogP contribution in [-0.2, 0) is 4.79 Å². The smallest absolute Gasteiger partial charge is 0.327 e. The first-order chi connectivity index (χ1) is 5.73. The quantitative estimate of drug-likeness (QED) is 0.324. The van der Waals surface area contributed by atoms with Crippen molar-refractivity contribution in [3.05, 3.63) is 12.7 Å². The minimum absolute atomic E-state index is 0.639. The first kappa shape index (κ1) is 17.8. The standard InChI is InChI=1S/C3H4O2.2CH3NOS/c1-2-3(4)5;2*2-1(3)4/h2H,1H2,(H,4,5);2*(H3,2,3,4). The Hall–Kier alpha value is -1.15. The molecule has 0 aromatic heterocycles. The molecule has 0 aromatic carbocycles. The predicted molar refractivity (Wildman–Crippen MR) is 55.0 cm³/mol. The van der Waals surface area contributed by atoms with Gasteiger partial charge in [0.25, 0.3) is 10.5 Å². The fourth-order valence-corrected chi connectivity index (χ4v) is 0. The second-order valence-electron chi connectivity index (χ2n) is 1.22. The molecule has 0 aliphatic heterocycles. The van der Waals surface area contributed by atoms with Gasteiger partial charge in [-0.1, -0.05) is 31.8 Å². The molecule has 0 bridgehead atoms. The van der Waals surface area contributed by atoms with Crippen molar-refractivity contribution in [1.29, 1.82) is 0 Å². The fourth-order valence-electron chi connectivity index (χ4n) is 0. The molecule has 0 aliphatic carbocycles. The summed E-state index contributed by atoms with van der Waals surface area (Å²) in [5, 5.41) is 6.33. The van der Waals surface area contributed by atoms with Gasteiger partial charge in [-0.15, -0.1) is 0 Å². The molecule has 5 N–H and O–H groups in total. The van der Waals surface area contributed by atoms with Crippen molar-refractivity contribution in [2.24, 2.45) is 11.5 Å². The molecule has 0 heterocycles. The van der Waals surface area contributed by atoms with E-state index in [4.69, 9.17) is 14.7 Å². The molecule has 6 nitrogen and oxygen atoms in total. The number of hydrogen-bond donors (Lipinski definition) is 5. The van der Waals surface area contributed by atoms with Crippen LogP contribution in [0.3, 0.4) is 0 Å². The summed E-state index contributed by atoms with van der Waals surface area (Å²) in [4.78, 5) is 27.4. The van der Waals surface area contributed by atoms with E-state index in [1.54, 1.807) is 0 Å². The van der Waals surface area contributed by atoms with Crippen molar-refractivity contribution >= 4 is 41.7 Å². The molecule has 2 amide bonds. The third kappa shape index (κ3) is 1180. The SMILES string of the molecule is C=CC(=O)O.NC(=O)S.NC(=O)S. The third-order valence-corrected chi connectivity index (χ3v) is 0.175. The lowest BCUT2D eigenvalue weighted by atomic mass is 10.7. The van der Waals surface area contributed by atoms with Crippen LogP contribution in [0.1, 0.15) is 0 Å². The molecule has 0 radical (unpaired) electrons. The summed E-state index contributed by atoms with van der Waals surface area (Å²) in [5.74, 6) is -0.981. The zero-order chi connectivity index (χ0) is 11.4. The second kappa shape index (κ2) is 13.4. The molecule has 0 spiro atoms. The first-order valence-corrected chi connectivity index (χ1v) is 3.45. The summed E-state index contributed by atoms with van der Waals surface area (Å²) in [7, 11) is 0. The minimum Gasteiger partial charge on any atom is -0.478 e. The van der Waals surface area contributed by atoms with E-state index < -0.39 is 16.4 Å². The highest BCUT2D eigenvalue weighted by atomic mass is 32.1. The maximum Gasteiger partial charge on any atom is 0.327 e. The number of carboxylic acid groups (broad SMARTS) is 1. The molecule has 8 heteroatoms. The number of rotatable bonds is 1. The third-order valence-electron chi connectivity index (χ3n) is 0.175. The molecule has 0 aromatic rings. The minimum atomic E-state index is -0.981. The molecular formula is C5H10N2O4S2. The van der Waals surface area contributed by atoms with E-state index in [1.807, 2.05) is 0 Å². The number of hydrogen-bond acceptors (Lipinski definition) is 3. The van der Waals surface area contributed by atoms with Crippen LogP contribution >= 0.6 is 25.3 Å². The van der Waals surface area contributed by atoms with Gasteiger partial charge in [0.1, 0.15) is 0 Å². The van der Waals surface area contributed by atoms with Crippen LogP contribution in [0.4, 0.5) is 9.59 Å². The average Bonchev–Trinajstić information content (AvgIpc) is 1.84. The fraction of sp³-hybridized carbons (Fsp3) is 0. The monoisotopic (exact) mass is 226 g/mol. The van der Waals surface area contributed by atoms with Gasteiger partial charge in [-0.05, 0) is 0 Å².